The molecule has 1 aliphatic rings. The van der Waals surface area contributed by atoms with Crippen LogP contribution in [-0.4, -0.2) is 39.6 Å². The Balaban J connectivity index is 1.67. The van der Waals surface area contributed by atoms with Gasteiger partial charge in [-0.3, -0.25) is 4.57 Å². The van der Waals surface area contributed by atoms with Crippen LogP contribution in [0.2, 0.25) is 0 Å². The molecule has 134 valence electrons. The summed E-state index contributed by atoms with van der Waals surface area (Å²) in [7, 11) is 2.20. The third-order valence-corrected chi connectivity index (χ3v) is 5.29. The molecule has 0 aliphatic heterocycles. The van der Waals surface area contributed by atoms with Crippen LogP contribution in [0.25, 0.3) is 5.69 Å². The van der Waals surface area contributed by atoms with E-state index in [2.05, 4.69) is 36.0 Å². The lowest BCUT2D eigenvalue weighted by atomic mass is 10.0. The molecule has 1 unspecified atom stereocenters. The quantitative estimate of drug-likeness (QED) is 0.861. The number of likely N-dealkylation sites (N-methyl/N-ethyl adjacent to an activating group) is 1. The van der Waals surface area contributed by atoms with E-state index in [1.165, 1.54) is 16.6 Å². The average molecular weight is 341 g/mol. The van der Waals surface area contributed by atoms with Crippen LogP contribution in [-0.2, 0) is 6.42 Å². The molecule has 1 aliphatic carbocycles. The predicted molar refractivity (Wildman–Crippen MR) is 101 cm³/mol. The first-order chi connectivity index (χ1) is 11.9. The molecule has 0 saturated heterocycles. The van der Waals surface area contributed by atoms with Gasteiger partial charge in [-0.2, -0.15) is 4.98 Å². The molecule has 0 radical (unpaired) electrons. The number of nitrogens with zero attached hydrogens (tertiary/aromatic N) is 3. The minimum Gasteiger partial charge on any atom is -0.383 e. The zero-order valence-electron chi connectivity index (χ0n) is 14.9. The van der Waals surface area contributed by atoms with Crippen LogP contribution in [0.5, 0.6) is 0 Å². The number of hydrogen-bond acceptors (Lipinski definition) is 5. The summed E-state index contributed by atoms with van der Waals surface area (Å²) >= 11 is 0. The van der Waals surface area contributed by atoms with Crippen molar-refractivity contribution in [2.45, 2.75) is 50.7 Å². The second kappa shape index (κ2) is 7.37. The second-order valence-corrected chi connectivity index (χ2v) is 7.12. The maximum atomic E-state index is 11.9. The number of rotatable bonds is 5. The van der Waals surface area contributed by atoms with Gasteiger partial charge in [-0.15, -0.1) is 0 Å². The molecule has 2 aromatic rings. The molecule has 1 fully saturated rings. The van der Waals surface area contributed by atoms with Gasteiger partial charge in [0, 0.05) is 24.3 Å². The van der Waals surface area contributed by atoms with Crippen LogP contribution in [0.15, 0.2) is 41.3 Å². The van der Waals surface area contributed by atoms with E-state index in [4.69, 9.17) is 11.5 Å². The molecular weight excluding hydrogens is 314 g/mol. The van der Waals surface area contributed by atoms with Gasteiger partial charge in [0.05, 0.1) is 5.69 Å². The van der Waals surface area contributed by atoms with Crippen molar-refractivity contribution in [1.82, 2.24) is 14.5 Å². The van der Waals surface area contributed by atoms with Crippen molar-refractivity contribution in [3.63, 3.8) is 0 Å². The summed E-state index contributed by atoms with van der Waals surface area (Å²) in [6, 6.07) is 11.1. The molecule has 3 rings (SSSR count). The molecule has 4 N–H and O–H groups in total. The molecule has 1 heterocycles. The molecule has 0 spiro atoms. The van der Waals surface area contributed by atoms with E-state index in [-0.39, 0.29) is 11.5 Å². The van der Waals surface area contributed by atoms with Gasteiger partial charge < -0.3 is 16.4 Å². The lowest BCUT2D eigenvalue weighted by molar-refractivity contribution is 0.184. The van der Waals surface area contributed by atoms with Gasteiger partial charge in [0.15, 0.2) is 0 Å². The summed E-state index contributed by atoms with van der Waals surface area (Å²) in [5.74, 6) is 0.237. The highest BCUT2D eigenvalue weighted by molar-refractivity contribution is 5.36. The van der Waals surface area contributed by atoms with Crippen molar-refractivity contribution < 1.29 is 0 Å². The lowest BCUT2D eigenvalue weighted by Gasteiger charge is -2.31. The molecular formula is C19H27N5O. The molecule has 25 heavy (non-hydrogen) atoms. The van der Waals surface area contributed by atoms with Crippen LogP contribution in [0.4, 0.5) is 5.82 Å². The van der Waals surface area contributed by atoms with Gasteiger partial charge in [0.2, 0.25) is 0 Å². The van der Waals surface area contributed by atoms with E-state index >= 15 is 0 Å². The van der Waals surface area contributed by atoms with Crippen LogP contribution >= 0.6 is 0 Å². The predicted octanol–water partition coefficient (Wildman–Crippen LogP) is 1.56. The Kier molecular flexibility index (Phi) is 5.20. The molecule has 3 atom stereocenters. The fraction of sp³-hybridized carbons (Fsp3) is 0.474. The number of nitrogen functional groups attached to an aromatic ring is 1. The monoisotopic (exact) mass is 341 g/mol. The fourth-order valence-electron chi connectivity index (χ4n) is 3.61. The van der Waals surface area contributed by atoms with Gasteiger partial charge >= 0.3 is 5.69 Å². The Labute approximate surface area is 148 Å². The Morgan fingerprint density at radius 2 is 2.00 bits per heavy atom. The summed E-state index contributed by atoms with van der Waals surface area (Å²) in [6.45, 7) is 2.26. The van der Waals surface area contributed by atoms with Crippen molar-refractivity contribution in [3.05, 3.63) is 52.6 Å². The smallest absolute Gasteiger partial charge is 0.354 e. The van der Waals surface area contributed by atoms with E-state index in [9.17, 15) is 4.79 Å². The molecule has 1 saturated carbocycles. The van der Waals surface area contributed by atoms with Crippen LogP contribution in [0, 0.1) is 0 Å². The number of anilines is 1. The van der Waals surface area contributed by atoms with Gasteiger partial charge in [-0.1, -0.05) is 12.1 Å². The summed E-state index contributed by atoms with van der Waals surface area (Å²) in [5, 5.41) is 0. The third kappa shape index (κ3) is 4.08. The second-order valence-electron chi connectivity index (χ2n) is 7.12. The zero-order valence-corrected chi connectivity index (χ0v) is 14.9. The largest absolute Gasteiger partial charge is 0.383 e. The van der Waals surface area contributed by atoms with E-state index < -0.39 is 0 Å². The van der Waals surface area contributed by atoms with Crippen molar-refractivity contribution >= 4 is 5.82 Å². The minimum absolute atomic E-state index is 0.237. The SMILES string of the molecule is CC(Cc1ccc(-n2ccc(N)nc2=O)cc1)N(C)[C@H]1CC[C@H](N)C1. The summed E-state index contributed by atoms with van der Waals surface area (Å²) in [6.07, 6.45) is 6.03. The molecule has 0 amide bonds. The first kappa shape index (κ1) is 17.6. The number of aromatic nitrogens is 2. The average Bonchev–Trinajstić information content (AvgIpc) is 3.01. The van der Waals surface area contributed by atoms with Crippen molar-refractivity contribution in [1.29, 1.82) is 0 Å². The molecule has 0 bridgehead atoms. The van der Waals surface area contributed by atoms with E-state index in [1.807, 2.05) is 12.1 Å². The zero-order chi connectivity index (χ0) is 18.0. The Bertz CT molecular complexity index is 770. The van der Waals surface area contributed by atoms with Gasteiger partial charge in [0.25, 0.3) is 0 Å². The first-order valence-corrected chi connectivity index (χ1v) is 8.86. The Hall–Kier alpha value is -2.18. The van der Waals surface area contributed by atoms with Crippen LogP contribution < -0.4 is 17.2 Å². The maximum absolute atomic E-state index is 11.9. The van der Waals surface area contributed by atoms with E-state index in [0.29, 0.717) is 18.1 Å². The standard InChI is InChI=1S/C19H27N5O/c1-13(23(2)17-8-5-15(20)12-17)11-14-3-6-16(7-4-14)24-10-9-18(21)22-19(24)25/h3-4,6-7,9-10,13,15,17H,5,8,11-12,20H2,1-2H3,(H2,21,22,25)/t13?,15-,17-/m0/s1. The number of benzene rings is 1. The summed E-state index contributed by atoms with van der Waals surface area (Å²) in [5.41, 5.74) is 13.3. The normalized spacial score (nSPS) is 21.6. The number of nitrogens with two attached hydrogens (primary N) is 2. The maximum Gasteiger partial charge on any atom is 0.354 e. The molecule has 6 heteroatoms. The highest BCUT2D eigenvalue weighted by Gasteiger charge is 2.27. The minimum atomic E-state index is -0.363. The fourth-order valence-corrected chi connectivity index (χ4v) is 3.61. The highest BCUT2D eigenvalue weighted by atomic mass is 16.1. The third-order valence-electron chi connectivity index (χ3n) is 5.29. The van der Waals surface area contributed by atoms with E-state index in [0.717, 1.165) is 24.9 Å². The van der Waals surface area contributed by atoms with Crippen molar-refractivity contribution in [2.24, 2.45) is 5.73 Å². The van der Waals surface area contributed by atoms with Crippen molar-refractivity contribution in [3.8, 4) is 5.69 Å². The van der Waals surface area contributed by atoms with Crippen molar-refractivity contribution in [2.75, 3.05) is 12.8 Å². The molecule has 1 aromatic heterocycles. The molecule has 1 aromatic carbocycles. The topological polar surface area (TPSA) is 90.2 Å². The van der Waals surface area contributed by atoms with E-state index in [1.54, 1.807) is 12.3 Å². The van der Waals surface area contributed by atoms with Gasteiger partial charge in [0.1, 0.15) is 5.82 Å². The number of hydrogen-bond donors (Lipinski definition) is 2. The first-order valence-electron chi connectivity index (χ1n) is 8.86. The van der Waals surface area contributed by atoms with Gasteiger partial charge in [-0.05, 0) is 63.4 Å². The molecule has 6 nitrogen and oxygen atoms in total. The summed E-state index contributed by atoms with van der Waals surface area (Å²) < 4.78 is 1.50. The van der Waals surface area contributed by atoms with Gasteiger partial charge in [-0.25, -0.2) is 4.79 Å². The highest BCUT2D eigenvalue weighted by Crippen LogP contribution is 2.24. The summed E-state index contributed by atoms with van der Waals surface area (Å²) in [4.78, 5) is 18.1. The van der Waals surface area contributed by atoms with Crippen LogP contribution in [0.1, 0.15) is 31.7 Å². The lowest BCUT2D eigenvalue weighted by Crippen LogP contribution is -2.39. The Morgan fingerprint density at radius 3 is 2.60 bits per heavy atom. The Morgan fingerprint density at radius 1 is 1.28 bits per heavy atom. The van der Waals surface area contributed by atoms with Crippen LogP contribution in [0.3, 0.4) is 0 Å².